The van der Waals surface area contributed by atoms with E-state index in [-0.39, 0.29) is 16.6 Å². The zero-order valence-electron chi connectivity index (χ0n) is 11.9. The maximum Gasteiger partial charge on any atom is 0.418 e. The number of amides is 1. The summed E-state index contributed by atoms with van der Waals surface area (Å²) in [6.07, 6.45) is -1.91. The van der Waals surface area contributed by atoms with Gasteiger partial charge >= 0.3 is 6.18 Å². The minimum absolute atomic E-state index is 0.207. The monoisotopic (exact) mass is 320 g/mol. The molecule has 0 spiro atoms. The molecule has 3 rings (SSSR count). The Morgan fingerprint density at radius 3 is 2.65 bits per heavy atom. The standard InChI is InChI=1S/C16H11F3N2O2/c1-9-10(6-8-23-9)15(22)21-13-5-7-20-14-11(13)3-2-4-12(14)16(17,18)19/h2-8H,1H3,(H,20,21,22). The van der Waals surface area contributed by atoms with Crippen LogP contribution in [0.25, 0.3) is 10.9 Å². The molecule has 0 aliphatic heterocycles. The molecule has 2 heterocycles. The molecule has 0 unspecified atom stereocenters. The number of carbonyl (C=O) groups is 1. The average molecular weight is 320 g/mol. The van der Waals surface area contributed by atoms with Crippen molar-refractivity contribution in [3.63, 3.8) is 0 Å². The number of alkyl halides is 3. The van der Waals surface area contributed by atoms with E-state index >= 15 is 0 Å². The van der Waals surface area contributed by atoms with Crippen molar-refractivity contribution in [2.75, 3.05) is 5.32 Å². The molecule has 0 fully saturated rings. The normalized spacial score (nSPS) is 11.7. The van der Waals surface area contributed by atoms with Crippen LogP contribution in [-0.4, -0.2) is 10.9 Å². The molecule has 23 heavy (non-hydrogen) atoms. The predicted molar refractivity (Wildman–Crippen MR) is 78.1 cm³/mol. The predicted octanol–water partition coefficient (Wildman–Crippen LogP) is 4.41. The summed E-state index contributed by atoms with van der Waals surface area (Å²) in [7, 11) is 0. The molecule has 0 saturated carbocycles. The van der Waals surface area contributed by atoms with Gasteiger partial charge in [0, 0.05) is 11.6 Å². The number of nitrogens with zero attached hydrogens (tertiary/aromatic N) is 1. The molecule has 3 aromatic rings. The number of fused-ring (bicyclic) bond motifs is 1. The van der Waals surface area contributed by atoms with E-state index < -0.39 is 17.6 Å². The largest absolute Gasteiger partial charge is 0.469 e. The summed E-state index contributed by atoms with van der Waals surface area (Å²) < 4.78 is 44.2. The Balaban J connectivity index is 2.06. The maximum atomic E-state index is 13.0. The molecular weight excluding hydrogens is 309 g/mol. The second-order valence-corrected chi connectivity index (χ2v) is 4.90. The van der Waals surface area contributed by atoms with Gasteiger partial charge in [-0.25, -0.2) is 0 Å². The number of halogens is 3. The summed E-state index contributed by atoms with van der Waals surface area (Å²) in [5, 5.41) is 2.82. The molecule has 1 aromatic carbocycles. The number of pyridine rings is 1. The molecule has 0 aliphatic carbocycles. The molecule has 1 amide bonds. The Morgan fingerprint density at radius 1 is 1.22 bits per heavy atom. The SMILES string of the molecule is Cc1occc1C(=O)Nc1ccnc2c(C(F)(F)F)cccc12. The molecule has 0 aliphatic rings. The van der Waals surface area contributed by atoms with E-state index in [1.54, 1.807) is 6.92 Å². The Bertz CT molecular complexity index is 884. The number of aryl methyl sites for hydroxylation is 1. The van der Waals surface area contributed by atoms with Crippen LogP contribution < -0.4 is 5.32 Å². The van der Waals surface area contributed by atoms with Crippen molar-refractivity contribution in [2.45, 2.75) is 13.1 Å². The van der Waals surface area contributed by atoms with Gasteiger partial charge in [0.15, 0.2) is 0 Å². The van der Waals surface area contributed by atoms with Crippen molar-refractivity contribution in [3.05, 3.63) is 59.7 Å². The summed E-state index contributed by atoms with van der Waals surface area (Å²) >= 11 is 0. The van der Waals surface area contributed by atoms with Gasteiger partial charge in [0.05, 0.1) is 28.6 Å². The van der Waals surface area contributed by atoms with E-state index in [4.69, 9.17) is 4.42 Å². The van der Waals surface area contributed by atoms with Crippen molar-refractivity contribution >= 4 is 22.5 Å². The fraction of sp³-hybridized carbons (Fsp3) is 0.125. The van der Waals surface area contributed by atoms with Gasteiger partial charge in [0.25, 0.3) is 5.91 Å². The lowest BCUT2D eigenvalue weighted by Crippen LogP contribution is -2.13. The van der Waals surface area contributed by atoms with Gasteiger partial charge in [0.2, 0.25) is 0 Å². The van der Waals surface area contributed by atoms with Crippen LogP contribution in [0.5, 0.6) is 0 Å². The number of nitrogens with one attached hydrogen (secondary N) is 1. The lowest BCUT2D eigenvalue weighted by atomic mass is 10.1. The highest BCUT2D eigenvalue weighted by Gasteiger charge is 2.33. The second kappa shape index (κ2) is 5.42. The number of anilines is 1. The number of hydrogen-bond acceptors (Lipinski definition) is 3. The van der Waals surface area contributed by atoms with E-state index in [0.717, 1.165) is 6.07 Å². The van der Waals surface area contributed by atoms with Crippen molar-refractivity contribution in [1.82, 2.24) is 4.98 Å². The Kier molecular flexibility index (Phi) is 3.55. The number of rotatable bonds is 2. The van der Waals surface area contributed by atoms with Gasteiger partial charge in [-0.3, -0.25) is 9.78 Å². The minimum Gasteiger partial charge on any atom is -0.469 e. The van der Waals surface area contributed by atoms with E-state index in [9.17, 15) is 18.0 Å². The van der Waals surface area contributed by atoms with Crippen LogP contribution >= 0.6 is 0 Å². The second-order valence-electron chi connectivity index (χ2n) is 4.90. The number of para-hydroxylation sites is 1. The Morgan fingerprint density at radius 2 is 2.00 bits per heavy atom. The highest BCUT2D eigenvalue weighted by Crippen LogP contribution is 2.35. The maximum absolute atomic E-state index is 13.0. The third-order valence-corrected chi connectivity index (χ3v) is 3.43. The Hall–Kier alpha value is -2.83. The lowest BCUT2D eigenvalue weighted by molar-refractivity contribution is -0.136. The van der Waals surface area contributed by atoms with E-state index in [1.807, 2.05) is 0 Å². The molecule has 0 radical (unpaired) electrons. The fourth-order valence-electron chi connectivity index (χ4n) is 2.32. The zero-order valence-corrected chi connectivity index (χ0v) is 11.9. The summed E-state index contributed by atoms with van der Waals surface area (Å²) in [6, 6.07) is 6.67. The van der Waals surface area contributed by atoms with E-state index in [1.165, 1.54) is 36.7 Å². The molecule has 0 saturated heterocycles. The third kappa shape index (κ3) is 2.77. The van der Waals surface area contributed by atoms with Crippen LogP contribution in [0, 0.1) is 6.92 Å². The highest BCUT2D eigenvalue weighted by molar-refractivity contribution is 6.09. The topological polar surface area (TPSA) is 55.1 Å². The van der Waals surface area contributed by atoms with Crippen LogP contribution in [0.2, 0.25) is 0 Å². The van der Waals surface area contributed by atoms with Gasteiger partial charge in [-0.05, 0) is 25.1 Å². The molecule has 2 aromatic heterocycles. The first-order chi connectivity index (χ1) is 10.9. The van der Waals surface area contributed by atoms with Crippen LogP contribution in [0.15, 0.2) is 47.2 Å². The van der Waals surface area contributed by atoms with Gasteiger partial charge < -0.3 is 9.73 Å². The first-order valence-corrected chi connectivity index (χ1v) is 6.68. The van der Waals surface area contributed by atoms with Crippen LogP contribution in [-0.2, 0) is 6.18 Å². The van der Waals surface area contributed by atoms with E-state index in [0.29, 0.717) is 11.3 Å². The molecule has 7 heteroatoms. The average Bonchev–Trinajstić information content (AvgIpc) is 2.92. The quantitative estimate of drug-likeness (QED) is 0.761. The van der Waals surface area contributed by atoms with Crippen LogP contribution in [0.1, 0.15) is 21.7 Å². The van der Waals surface area contributed by atoms with Crippen molar-refractivity contribution in [1.29, 1.82) is 0 Å². The lowest BCUT2D eigenvalue weighted by Gasteiger charge is -2.12. The summed E-state index contributed by atoms with van der Waals surface area (Å²) in [5.74, 6) is -0.0296. The van der Waals surface area contributed by atoms with Crippen molar-refractivity contribution < 1.29 is 22.4 Å². The third-order valence-electron chi connectivity index (χ3n) is 3.43. The smallest absolute Gasteiger partial charge is 0.418 e. The number of aromatic nitrogens is 1. The van der Waals surface area contributed by atoms with Gasteiger partial charge in [-0.1, -0.05) is 12.1 Å². The number of benzene rings is 1. The molecular formula is C16H11F3N2O2. The molecule has 0 atom stereocenters. The highest BCUT2D eigenvalue weighted by atomic mass is 19.4. The summed E-state index contributed by atoms with van der Waals surface area (Å²) in [5.41, 5.74) is -0.471. The number of carbonyl (C=O) groups excluding carboxylic acids is 1. The summed E-state index contributed by atoms with van der Waals surface area (Å²) in [4.78, 5) is 16.0. The first-order valence-electron chi connectivity index (χ1n) is 6.68. The van der Waals surface area contributed by atoms with Crippen molar-refractivity contribution in [3.8, 4) is 0 Å². The fourth-order valence-corrected chi connectivity index (χ4v) is 2.32. The van der Waals surface area contributed by atoms with Crippen molar-refractivity contribution in [2.24, 2.45) is 0 Å². The van der Waals surface area contributed by atoms with Gasteiger partial charge in [0.1, 0.15) is 5.76 Å². The van der Waals surface area contributed by atoms with E-state index in [2.05, 4.69) is 10.3 Å². The number of furan rings is 1. The minimum atomic E-state index is -4.52. The van der Waals surface area contributed by atoms with Gasteiger partial charge in [-0.2, -0.15) is 13.2 Å². The molecule has 0 bridgehead atoms. The number of hydrogen-bond donors (Lipinski definition) is 1. The van der Waals surface area contributed by atoms with Crippen LogP contribution in [0.4, 0.5) is 18.9 Å². The van der Waals surface area contributed by atoms with Gasteiger partial charge in [-0.15, -0.1) is 0 Å². The first kappa shape index (κ1) is 15.1. The molecule has 4 nitrogen and oxygen atoms in total. The van der Waals surface area contributed by atoms with Crippen LogP contribution in [0.3, 0.4) is 0 Å². The molecule has 1 N–H and O–H groups in total. The molecule has 118 valence electrons. The Labute approximate surface area is 128 Å². The summed E-state index contributed by atoms with van der Waals surface area (Å²) in [6.45, 7) is 1.63. The zero-order chi connectivity index (χ0) is 16.6.